The predicted octanol–water partition coefficient (Wildman–Crippen LogP) is 1.17. The van der Waals surface area contributed by atoms with Crippen LogP contribution in [0.25, 0.3) is 0 Å². The van der Waals surface area contributed by atoms with E-state index in [0.29, 0.717) is 12.0 Å². The van der Waals surface area contributed by atoms with E-state index in [1.165, 1.54) is 12.8 Å². The molecule has 0 aromatic heterocycles. The van der Waals surface area contributed by atoms with Crippen LogP contribution in [0.1, 0.15) is 45.4 Å². The van der Waals surface area contributed by atoms with E-state index in [2.05, 4.69) is 22.5 Å². The van der Waals surface area contributed by atoms with E-state index in [9.17, 15) is 4.79 Å². The first-order chi connectivity index (χ1) is 7.74. The molecule has 0 aromatic carbocycles. The summed E-state index contributed by atoms with van der Waals surface area (Å²) in [7, 11) is 0. The molecule has 16 heavy (non-hydrogen) atoms. The van der Waals surface area contributed by atoms with Gasteiger partial charge in [-0.2, -0.15) is 0 Å². The fraction of sp³-hybridized carbons (Fsp3) is 0.833. The minimum Gasteiger partial charge on any atom is -0.341 e. The summed E-state index contributed by atoms with van der Waals surface area (Å²) in [6.07, 6.45) is 6.68. The first-order valence-corrected chi connectivity index (χ1v) is 6.42. The minimum atomic E-state index is -0.331. The molecule has 0 bridgehead atoms. The monoisotopic (exact) mass is 221 g/mol. The summed E-state index contributed by atoms with van der Waals surface area (Å²) in [4.78, 5) is 16.6. The first-order valence-electron chi connectivity index (χ1n) is 6.42. The standard InChI is InChI=1S/C12H19N3O/c1-2-8-4-3-7-12(8)10(16)14-11(15-12)13-9-5-6-9/h8-9H,2-7H2,1H3,(H2,13,14,15,16). The zero-order valence-corrected chi connectivity index (χ0v) is 9.75. The molecule has 2 unspecified atom stereocenters. The maximum atomic E-state index is 12.1. The van der Waals surface area contributed by atoms with Gasteiger partial charge in [-0.25, -0.2) is 4.99 Å². The van der Waals surface area contributed by atoms with Crippen LogP contribution < -0.4 is 10.6 Å². The summed E-state index contributed by atoms with van der Waals surface area (Å²) in [6, 6.07) is 0.458. The summed E-state index contributed by atoms with van der Waals surface area (Å²) in [5.74, 6) is 1.35. The molecular weight excluding hydrogens is 202 g/mol. The Kier molecular flexibility index (Phi) is 2.19. The van der Waals surface area contributed by atoms with Gasteiger partial charge in [-0.1, -0.05) is 19.8 Å². The van der Waals surface area contributed by atoms with Crippen molar-refractivity contribution in [1.82, 2.24) is 10.6 Å². The summed E-state index contributed by atoms with van der Waals surface area (Å²) in [5.41, 5.74) is -0.331. The van der Waals surface area contributed by atoms with Crippen molar-refractivity contribution in [3.05, 3.63) is 0 Å². The van der Waals surface area contributed by atoms with Crippen LogP contribution in [0.2, 0.25) is 0 Å². The summed E-state index contributed by atoms with van der Waals surface area (Å²) < 4.78 is 0. The summed E-state index contributed by atoms with van der Waals surface area (Å²) in [6.45, 7) is 2.17. The third kappa shape index (κ3) is 1.43. The number of nitrogens with zero attached hydrogens (tertiary/aromatic N) is 1. The van der Waals surface area contributed by atoms with E-state index in [-0.39, 0.29) is 11.4 Å². The van der Waals surface area contributed by atoms with E-state index in [1.807, 2.05) is 0 Å². The van der Waals surface area contributed by atoms with Crippen molar-refractivity contribution in [2.24, 2.45) is 10.9 Å². The number of nitrogens with one attached hydrogen (secondary N) is 2. The highest BCUT2D eigenvalue weighted by molar-refractivity contribution is 6.09. The van der Waals surface area contributed by atoms with Crippen LogP contribution in [-0.2, 0) is 4.79 Å². The van der Waals surface area contributed by atoms with Crippen molar-refractivity contribution in [3.8, 4) is 0 Å². The number of rotatable bonds is 2. The first kappa shape index (κ1) is 10.1. The average Bonchev–Trinajstić information content (AvgIpc) is 2.89. The lowest BCUT2D eigenvalue weighted by Crippen LogP contribution is -2.49. The zero-order valence-electron chi connectivity index (χ0n) is 9.75. The molecule has 2 N–H and O–H groups in total. The van der Waals surface area contributed by atoms with Crippen LogP contribution in [0, 0.1) is 5.92 Å². The quantitative estimate of drug-likeness (QED) is 0.735. The number of hydrogen-bond acceptors (Lipinski definition) is 2. The van der Waals surface area contributed by atoms with E-state index in [4.69, 9.17) is 0 Å². The molecule has 3 rings (SSSR count). The Morgan fingerprint density at radius 2 is 2.25 bits per heavy atom. The van der Waals surface area contributed by atoms with Gasteiger partial charge in [0, 0.05) is 0 Å². The van der Waals surface area contributed by atoms with Crippen molar-refractivity contribution in [3.63, 3.8) is 0 Å². The molecule has 1 heterocycles. The average molecular weight is 221 g/mol. The van der Waals surface area contributed by atoms with Crippen LogP contribution in [-0.4, -0.2) is 23.4 Å². The molecule has 4 nitrogen and oxygen atoms in total. The molecular formula is C12H19N3O. The Balaban J connectivity index is 1.82. The Bertz CT molecular complexity index is 348. The second-order valence-corrected chi connectivity index (χ2v) is 5.26. The lowest BCUT2D eigenvalue weighted by Gasteiger charge is -2.27. The number of guanidine groups is 1. The van der Waals surface area contributed by atoms with Crippen molar-refractivity contribution < 1.29 is 4.79 Å². The van der Waals surface area contributed by atoms with Gasteiger partial charge in [-0.3, -0.25) is 10.1 Å². The van der Waals surface area contributed by atoms with Crippen LogP contribution in [0.4, 0.5) is 0 Å². The number of amides is 1. The van der Waals surface area contributed by atoms with Gasteiger partial charge in [0.15, 0.2) is 5.96 Å². The molecule has 2 aliphatic carbocycles. The lowest BCUT2D eigenvalue weighted by molar-refractivity contribution is -0.125. The van der Waals surface area contributed by atoms with Gasteiger partial charge < -0.3 is 5.32 Å². The van der Waals surface area contributed by atoms with Gasteiger partial charge >= 0.3 is 0 Å². The Labute approximate surface area is 95.9 Å². The lowest BCUT2D eigenvalue weighted by atomic mass is 9.85. The predicted molar refractivity (Wildman–Crippen MR) is 62.1 cm³/mol. The fourth-order valence-electron chi connectivity index (χ4n) is 3.06. The van der Waals surface area contributed by atoms with Crippen molar-refractivity contribution in [2.45, 2.75) is 57.0 Å². The molecule has 0 radical (unpaired) electrons. The molecule has 3 aliphatic rings. The van der Waals surface area contributed by atoms with Crippen LogP contribution in [0.3, 0.4) is 0 Å². The van der Waals surface area contributed by atoms with Gasteiger partial charge in [0.05, 0.1) is 6.04 Å². The molecule has 88 valence electrons. The highest BCUT2D eigenvalue weighted by Gasteiger charge is 2.52. The highest BCUT2D eigenvalue weighted by Crippen LogP contribution is 2.39. The Hall–Kier alpha value is -1.06. The number of carbonyl (C=O) groups is 1. The number of hydrogen-bond donors (Lipinski definition) is 2. The smallest absolute Gasteiger partial charge is 0.252 e. The third-order valence-corrected chi connectivity index (χ3v) is 4.15. The van der Waals surface area contributed by atoms with Gasteiger partial charge in [-0.15, -0.1) is 0 Å². The summed E-state index contributed by atoms with van der Waals surface area (Å²) >= 11 is 0. The zero-order chi connectivity index (χ0) is 11.2. The molecule has 1 amide bonds. The van der Waals surface area contributed by atoms with Gasteiger partial charge in [0.2, 0.25) is 0 Å². The maximum absolute atomic E-state index is 12.1. The highest BCUT2D eigenvalue weighted by atomic mass is 16.2. The molecule has 2 saturated carbocycles. The molecule has 3 fully saturated rings. The van der Waals surface area contributed by atoms with Crippen molar-refractivity contribution >= 4 is 11.9 Å². The minimum absolute atomic E-state index is 0.149. The molecule has 4 heteroatoms. The fourth-order valence-corrected chi connectivity index (χ4v) is 3.06. The van der Waals surface area contributed by atoms with E-state index in [1.54, 1.807) is 0 Å². The van der Waals surface area contributed by atoms with Crippen molar-refractivity contribution in [1.29, 1.82) is 0 Å². The maximum Gasteiger partial charge on any atom is 0.252 e. The SMILES string of the molecule is CCC1CCCC12NC(=NC1CC1)NC2=O. The third-order valence-electron chi connectivity index (χ3n) is 4.15. The Morgan fingerprint density at radius 3 is 2.94 bits per heavy atom. The molecule has 0 aromatic rings. The van der Waals surface area contributed by atoms with Crippen molar-refractivity contribution in [2.75, 3.05) is 0 Å². The normalized spacial score (nSPS) is 40.4. The largest absolute Gasteiger partial charge is 0.341 e. The van der Waals surface area contributed by atoms with E-state index >= 15 is 0 Å². The second kappa shape index (κ2) is 3.47. The molecule has 1 spiro atoms. The topological polar surface area (TPSA) is 53.5 Å². The van der Waals surface area contributed by atoms with Crippen LogP contribution in [0.15, 0.2) is 4.99 Å². The van der Waals surface area contributed by atoms with Gasteiger partial charge in [0.1, 0.15) is 5.54 Å². The van der Waals surface area contributed by atoms with E-state index < -0.39 is 0 Å². The molecule has 1 aliphatic heterocycles. The molecule has 1 saturated heterocycles. The van der Waals surface area contributed by atoms with Crippen LogP contribution in [0.5, 0.6) is 0 Å². The van der Waals surface area contributed by atoms with E-state index in [0.717, 1.165) is 31.6 Å². The Morgan fingerprint density at radius 1 is 1.44 bits per heavy atom. The van der Waals surface area contributed by atoms with Gasteiger partial charge in [-0.05, 0) is 31.6 Å². The summed E-state index contributed by atoms with van der Waals surface area (Å²) in [5, 5.41) is 6.30. The number of aliphatic imine (C=N–C) groups is 1. The van der Waals surface area contributed by atoms with Gasteiger partial charge in [0.25, 0.3) is 5.91 Å². The number of carbonyl (C=O) groups excluding carboxylic acids is 1. The molecule has 2 atom stereocenters. The second-order valence-electron chi connectivity index (χ2n) is 5.26. The van der Waals surface area contributed by atoms with Crippen LogP contribution >= 0.6 is 0 Å².